The van der Waals surface area contributed by atoms with Gasteiger partial charge >= 0.3 is 0 Å². The molecule has 0 aliphatic rings. The Morgan fingerprint density at radius 1 is 1.32 bits per heavy atom. The Morgan fingerprint density at radius 3 is 2.92 bits per heavy atom. The summed E-state index contributed by atoms with van der Waals surface area (Å²) in [5.41, 5.74) is 5.74. The maximum atomic E-state index is 12.3. The largest absolute Gasteiger partial charge is 0.497 e. The van der Waals surface area contributed by atoms with E-state index < -0.39 is 0 Å². The molecule has 0 unspecified atom stereocenters. The van der Waals surface area contributed by atoms with Crippen molar-refractivity contribution in [3.8, 4) is 5.75 Å². The fourth-order valence-electron chi connectivity index (χ4n) is 2.74. The smallest absolute Gasteiger partial charge is 0.271 e. The highest BCUT2D eigenvalue weighted by molar-refractivity contribution is 5.97. The van der Waals surface area contributed by atoms with Crippen LogP contribution in [0.5, 0.6) is 5.75 Å². The second-order valence-corrected chi connectivity index (χ2v) is 5.58. The number of carbonyl (C=O) groups is 1. The Labute approximate surface area is 146 Å². The van der Waals surface area contributed by atoms with Crippen LogP contribution in [0.3, 0.4) is 0 Å². The number of rotatable bonds is 5. The highest BCUT2D eigenvalue weighted by atomic mass is 16.5. The van der Waals surface area contributed by atoms with Gasteiger partial charge in [0.1, 0.15) is 11.6 Å². The van der Waals surface area contributed by atoms with E-state index in [0.29, 0.717) is 5.56 Å². The van der Waals surface area contributed by atoms with Crippen molar-refractivity contribution in [3.05, 3.63) is 59.4 Å². The Hall–Kier alpha value is -3.15. The maximum absolute atomic E-state index is 12.3. The minimum atomic E-state index is -0.273. The van der Waals surface area contributed by atoms with E-state index in [0.717, 1.165) is 34.7 Å². The van der Waals surface area contributed by atoms with Gasteiger partial charge in [0.2, 0.25) is 0 Å². The molecule has 6 heteroatoms. The van der Waals surface area contributed by atoms with E-state index in [4.69, 9.17) is 4.74 Å². The highest BCUT2D eigenvalue weighted by Gasteiger charge is 2.10. The number of hydrazone groups is 1. The van der Waals surface area contributed by atoms with Gasteiger partial charge in [-0.15, -0.1) is 0 Å². The summed E-state index contributed by atoms with van der Waals surface area (Å²) in [4.78, 5) is 16.8. The first kappa shape index (κ1) is 16.7. The van der Waals surface area contributed by atoms with Gasteiger partial charge in [-0.25, -0.2) is 10.4 Å². The van der Waals surface area contributed by atoms with Crippen molar-refractivity contribution >= 4 is 23.2 Å². The van der Waals surface area contributed by atoms with Crippen LogP contribution in [0.15, 0.2) is 47.6 Å². The van der Waals surface area contributed by atoms with Gasteiger partial charge in [-0.1, -0.05) is 12.1 Å². The molecule has 0 saturated heterocycles. The van der Waals surface area contributed by atoms with Crippen LogP contribution >= 0.6 is 0 Å². The van der Waals surface area contributed by atoms with Crippen LogP contribution in [0.4, 0.5) is 0 Å². The van der Waals surface area contributed by atoms with Gasteiger partial charge in [0.25, 0.3) is 5.91 Å². The van der Waals surface area contributed by atoms with Crippen LogP contribution in [0.2, 0.25) is 0 Å². The van der Waals surface area contributed by atoms with Crippen molar-refractivity contribution < 1.29 is 9.53 Å². The maximum Gasteiger partial charge on any atom is 0.271 e. The van der Waals surface area contributed by atoms with Gasteiger partial charge in [-0.2, -0.15) is 5.10 Å². The van der Waals surface area contributed by atoms with Crippen LogP contribution in [0, 0.1) is 6.92 Å². The summed E-state index contributed by atoms with van der Waals surface area (Å²) in [6, 6.07) is 12.9. The molecule has 1 aromatic heterocycles. The molecule has 2 aromatic carbocycles. The van der Waals surface area contributed by atoms with Crippen LogP contribution in [0.1, 0.15) is 28.7 Å². The zero-order valence-electron chi connectivity index (χ0n) is 14.5. The molecule has 0 saturated carbocycles. The predicted octanol–water partition coefficient (Wildman–Crippen LogP) is 3.14. The van der Waals surface area contributed by atoms with Crippen molar-refractivity contribution in [3.63, 3.8) is 0 Å². The molecule has 6 nitrogen and oxygen atoms in total. The highest BCUT2D eigenvalue weighted by Crippen LogP contribution is 2.17. The first-order chi connectivity index (χ1) is 12.1. The van der Waals surface area contributed by atoms with E-state index in [1.807, 2.05) is 37.3 Å². The normalized spacial score (nSPS) is 11.2. The summed E-state index contributed by atoms with van der Waals surface area (Å²) >= 11 is 0. The summed E-state index contributed by atoms with van der Waals surface area (Å²) < 4.78 is 7.26. The number of amides is 1. The lowest BCUT2D eigenvalue weighted by Gasteiger charge is -2.03. The zero-order chi connectivity index (χ0) is 17.8. The van der Waals surface area contributed by atoms with Crippen molar-refractivity contribution in [1.29, 1.82) is 0 Å². The molecule has 128 valence electrons. The summed E-state index contributed by atoms with van der Waals surface area (Å²) in [6.07, 6.45) is 1.58. The number of fused-ring (bicyclic) bond motifs is 1. The van der Waals surface area contributed by atoms with Crippen LogP contribution in [0.25, 0.3) is 11.0 Å². The van der Waals surface area contributed by atoms with Gasteiger partial charge in [-0.3, -0.25) is 4.79 Å². The molecule has 0 radical (unpaired) electrons. The molecule has 0 spiro atoms. The second kappa shape index (κ2) is 7.17. The summed E-state index contributed by atoms with van der Waals surface area (Å²) in [7, 11) is 1.61. The van der Waals surface area contributed by atoms with E-state index in [2.05, 4.69) is 27.0 Å². The zero-order valence-corrected chi connectivity index (χ0v) is 14.5. The predicted molar refractivity (Wildman–Crippen MR) is 98.2 cm³/mol. The minimum absolute atomic E-state index is 0.273. The average molecular weight is 336 g/mol. The molecular weight excluding hydrogens is 316 g/mol. The molecule has 1 amide bonds. The van der Waals surface area contributed by atoms with E-state index in [1.54, 1.807) is 25.5 Å². The number of benzene rings is 2. The van der Waals surface area contributed by atoms with E-state index >= 15 is 0 Å². The first-order valence-electron chi connectivity index (χ1n) is 8.06. The standard InChI is InChI=1S/C19H20N4O2/c1-4-23-13(2)21-17-11-15(8-9-18(17)23)19(24)22-20-12-14-6-5-7-16(10-14)25-3/h5-12H,4H2,1-3H3,(H,22,24)/b20-12+. The van der Waals surface area contributed by atoms with Gasteiger partial charge in [0.15, 0.2) is 0 Å². The Kier molecular flexibility index (Phi) is 4.79. The molecule has 0 aliphatic carbocycles. The molecule has 25 heavy (non-hydrogen) atoms. The fourth-order valence-corrected chi connectivity index (χ4v) is 2.74. The Morgan fingerprint density at radius 2 is 2.16 bits per heavy atom. The van der Waals surface area contributed by atoms with Gasteiger partial charge < -0.3 is 9.30 Å². The lowest BCUT2D eigenvalue weighted by Crippen LogP contribution is -2.17. The van der Waals surface area contributed by atoms with Gasteiger partial charge in [-0.05, 0) is 49.7 Å². The molecule has 3 aromatic rings. The van der Waals surface area contributed by atoms with Gasteiger partial charge in [0.05, 0.1) is 24.4 Å². The topological polar surface area (TPSA) is 68.5 Å². The quantitative estimate of drug-likeness (QED) is 0.575. The molecule has 0 atom stereocenters. The van der Waals surface area contributed by atoms with E-state index in [-0.39, 0.29) is 5.91 Å². The summed E-state index contributed by atoms with van der Waals surface area (Å²) in [6.45, 7) is 4.88. The number of methoxy groups -OCH3 is 1. The summed E-state index contributed by atoms with van der Waals surface area (Å²) in [5.74, 6) is 1.40. The lowest BCUT2D eigenvalue weighted by molar-refractivity contribution is 0.0955. The third kappa shape index (κ3) is 3.52. The second-order valence-electron chi connectivity index (χ2n) is 5.58. The average Bonchev–Trinajstić information content (AvgIpc) is 2.95. The number of imidazole rings is 1. The molecule has 1 N–H and O–H groups in total. The number of aromatic nitrogens is 2. The molecule has 0 fully saturated rings. The van der Waals surface area contributed by atoms with Crippen LogP contribution in [-0.4, -0.2) is 28.8 Å². The van der Waals surface area contributed by atoms with E-state index in [1.165, 1.54) is 0 Å². The monoisotopic (exact) mass is 336 g/mol. The van der Waals surface area contributed by atoms with Crippen molar-refractivity contribution in [1.82, 2.24) is 15.0 Å². The summed E-state index contributed by atoms with van der Waals surface area (Å²) in [5, 5.41) is 4.01. The number of carbonyl (C=O) groups excluding carboxylic acids is 1. The Bertz CT molecular complexity index is 944. The molecule has 1 heterocycles. The third-order valence-corrected chi connectivity index (χ3v) is 3.99. The van der Waals surface area contributed by atoms with Crippen LogP contribution in [-0.2, 0) is 6.54 Å². The van der Waals surface area contributed by atoms with Crippen LogP contribution < -0.4 is 10.2 Å². The SMILES string of the molecule is CCn1c(C)nc2cc(C(=O)N/N=C/c3cccc(OC)c3)ccc21. The number of aryl methyl sites for hydroxylation is 2. The number of hydrogen-bond acceptors (Lipinski definition) is 4. The molecule has 0 bridgehead atoms. The number of nitrogens with one attached hydrogen (secondary N) is 1. The van der Waals surface area contributed by atoms with E-state index in [9.17, 15) is 4.79 Å². The Balaban J connectivity index is 1.74. The van der Waals surface area contributed by atoms with Crippen molar-refractivity contribution in [2.45, 2.75) is 20.4 Å². The minimum Gasteiger partial charge on any atom is -0.497 e. The lowest BCUT2D eigenvalue weighted by atomic mass is 10.2. The number of nitrogens with zero attached hydrogens (tertiary/aromatic N) is 3. The first-order valence-corrected chi connectivity index (χ1v) is 8.06. The number of hydrogen-bond donors (Lipinski definition) is 1. The molecular formula is C19H20N4O2. The fraction of sp³-hybridized carbons (Fsp3) is 0.211. The van der Waals surface area contributed by atoms with Gasteiger partial charge in [0, 0.05) is 12.1 Å². The van der Waals surface area contributed by atoms with Crippen molar-refractivity contribution in [2.75, 3.05) is 7.11 Å². The molecule has 0 aliphatic heterocycles. The number of ether oxygens (including phenoxy) is 1. The molecule has 3 rings (SSSR count). The van der Waals surface area contributed by atoms with Crippen molar-refractivity contribution in [2.24, 2.45) is 5.10 Å². The third-order valence-electron chi connectivity index (χ3n) is 3.99.